The minimum absolute atomic E-state index is 0.210. The Morgan fingerprint density at radius 3 is 2.69 bits per heavy atom. The zero-order chi connectivity index (χ0) is 11.7. The number of rotatable bonds is 3. The topological polar surface area (TPSA) is 25.2 Å². The second-order valence-electron chi connectivity index (χ2n) is 3.70. The average molecular weight is 258 g/mol. The summed E-state index contributed by atoms with van der Waals surface area (Å²) in [5.74, 6) is 0.893. The lowest BCUT2D eigenvalue weighted by Gasteiger charge is -2.09. The molecule has 0 radical (unpaired) electrons. The SMILES string of the molecule is CCC(NC)c1cc2cc(Cl)cc(Cl)c2o1. The Morgan fingerprint density at radius 2 is 2.06 bits per heavy atom. The van der Waals surface area contributed by atoms with Gasteiger partial charge in [0.15, 0.2) is 5.58 Å². The predicted molar refractivity (Wildman–Crippen MR) is 68.3 cm³/mol. The molecule has 1 heterocycles. The number of fused-ring (bicyclic) bond motifs is 1. The number of furan rings is 1. The lowest BCUT2D eigenvalue weighted by atomic mass is 10.1. The first-order chi connectivity index (χ1) is 7.65. The molecule has 0 saturated carbocycles. The molecule has 1 unspecified atom stereocenters. The van der Waals surface area contributed by atoms with E-state index in [1.165, 1.54) is 0 Å². The highest BCUT2D eigenvalue weighted by atomic mass is 35.5. The summed E-state index contributed by atoms with van der Waals surface area (Å²) in [5.41, 5.74) is 0.703. The van der Waals surface area contributed by atoms with E-state index in [-0.39, 0.29) is 6.04 Å². The van der Waals surface area contributed by atoms with Crippen molar-refractivity contribution in [2.24, 2.45) is 0 Å². The average Bonchev–Trinajstić information content (AvgIpc) is 2.63. The van der Waals surface area contributed by atoms with Gasteiger partial charge in [0.1, 0.15) is 5.76 Å². The summed E-state index contributed by atoms with van der Waals surface area (Å²) in [6.07, 6.45) is 0.960. The Bertz CT molecular complexity index is 503. The van der Waals surface area contributed by atoms with Gasteiger partial charge in [-0.1, -0.05) is 30.1 Å². The van der Waals surface area contributed by atoms with Gasteiger partial charge in [-0.25, -0.2) is 0 Å². The van der Waals surface area contributed by atoms with Crippen LogP contribution >= 0.6 is 23.2 Å². The molecule has 0 saturated heterocycles. The second kappa shape index (κ2) is 4.66. The second-order valence-corrected chi connectivity index (χ2v) is 4.55. The standard InChI is InChI=1S/C12H13Cl2NO/c1-3-10(15-2)11-5-7-4-8(13)6-9(14)12(7)16-11/h4-6,10,15H,3H2,1-2H3. The third-order valence-electron chi connectivity index (χ3n) is 2.65. The molecule has 1 atom stereocenters. The third kappa shape index (κ3) is 2.05. The minimum atomic E-state index is 0.210. The molecule has 4 heteroatoms. The number of halogens is 2. The van der Waals surface area contributed by atoms with Gasteiger partial charge in [-0.3, -0.25) is 0 Å². The maximum Gasteiger partial charge on any atom is 0.153 e. The van der Waals surface area contributed by atoms with Crippen LogP contribution in [0.3, 0.4) is 0 Å². The quantitative estimate of drug-likeness (QED) is 0.882. The van der Waals surface area contributed by atoms with Crippen LogP contribution in [-0.2, 0) is 0 Å². The van der Waals surface area contributed by atoms with Crippen molar-refractivity contribution in [2.75, 3.05) is 7.05 Å². The molecule has 1 N–H and O–H groups in total. The van der Waals surface area contributed by atoms with Crippen LogP contribution in [0.15, 0.2) is 22.6 Å². The van der Waals surface area contributed by atoms with Crippen LogP contribution in [0.5, 0.6) is 0 Å². The zero-order valence-corrected chi connectivity index (χ0v) is 10.7. The van der Waals surface area contributed by atoms with E-state index in [1.807, 2.05) is 19.2 Å². The highest BCUT2D eigenvalue weighted by molar-refractivity contribution is 6.38. The number of nitrogens with one attached hydrogen (secondary N) is 1. The minimum Gasteiger partial charge on any atom is -0.458 e. The van der Waals surface area contributed by atoms with Crippen LogP contribution in [-0.4, -0.2) is 7.05 Å². The molecule has 2 rings (SSSR count). The maximum atomic E-state index is 6.07. The van der Waals surface area contributed by atoms with Crippen LogP contribution in [0.4, 0.5) is 0 Å². The fraction of sp³-hybridized carbons (Fsp3) is 0.333. The van der Waals surface area contributed by atoms with Crippen LogP contribution in [0, 0.1) is 0 Å². The first-order valence-corrected chi connectivity index (χ1v) is 5.97. The summed E-state index contributed by atoms with van der Waals surface area (Å²) < 4.78 is 5.74. The molecule has 0 aliphatic rings. The van der Waals surface area contributed by atoms with Gasteiger partial charge >= 0.3 is 0 Å². The molecule has 1 aromatic heterocycles. The molecule has 2 aromatic rings. The molecular formula is C12H13Cl2NO. The normalized spacial score (nSPS) is 13.2. The van der Waals surface area contributed by atoms with E-state index in [2.05, 4.69) is 12.2 Å². The van der Waals surface area contributed by atoms with Crippen molar-refractivity contribution in [2.45, 2.75) is 19.4 Å². The molecule has 16 heavy (non-hydrogen) atoms. The summed E-state index contributed by atoms with van der Waals surface area (Å²) in [4.78, 5) is 0. The molecular weight excluding hydrogens is 245 g/mol. The summed E-state index contributed by atoms with van der Waals surface area (Å²) >= 11 is 12.0. The van der Waals surface area contributed by atoms with Gasteiger partial charge in [-0.2, -0.15) is 0 Å². The van der Waals surface area contributed by atoms with Crippen molar-refractivity contribution >= 4 is 34.2 Å². The molecule has 1 aromatic carbocycles. The summed E-state index contributed by atoms with van der Waals surface area (Å²) in [7, 11) is 1.91. The maximum absolute atomic E-state index is 6.07. The van der Waals surface area contributed by atoms with Crippen molar-refractivity contribution in [3.8, 4) is 0 Å². The van der Waals surface area contributed by atoms with E-state index >= 15 is 0 Å². The van der Waals surface area contributed by atoms with Gasteiger partial charge in [0.25, 0.3) is 0 Å². The lowest BCUT2D eigenvalue weighted by molar-refractivity contribution is 0.444. The van der Waals surface area contributed by atoms with Gasteiger partial charge < -0.3 is 9.73 Å². The Kier molecular flexibility index (Phi) is 3.43. The van der Waals surface area contributed by atoms with Crippen molar-refractivity contribution < 1.29 is 4.42 Å². The van der Waals surface area contributed by atoms with Crippen molar-refractivity contribution in [3.63, 3.8) is 0 Å². The molecule has 0 aliphatic heterocycles. The van der Waals surface area contributed by atoms with Gasteiger partial charge in [0.2, 0.25) is 0 Å². The number of benzene rings is 1. The van der Waals surface area contributed by atoms with E-state index < -0.39 is 0 Å². The van der Waals surface area contributed by atoms with Gasteiger partial charge in [-0.15, -0.1) is 0 Å². The molecule has 0 fully saturated rings. The van der Waals surface area contributed by atoms with E-state index in [4.69, 9.17) is 27.6 Å². The Balaban J connectivity index is 2.55. The number of hydrogen-bond donors (Lipinski definition) is 1. The molecule has 86 valence electrons. The summed E-state index contributed by atoms with van der Waals surface area (Å²) in [6, 6.07) is 5.75. The zero-order valence-electron chi connectivity index (χ0n) is 9.18. The predicted octanol–water partition coefficient (Wildman–Crippen LogP) is 4.41. The monoisotopic (exact) mass is 257 g/mol. The van der Waals surface area contributed by atoms with Crippen LogP contribution in [0.1, 0.15) is 25.1 Å². The van der Waals surface area contributed by atoms with E-state index in [1.54, 1.807) is 6.07 Å². The molecule has 0 bridgehead atoms. The van der Waals surface area contributed by atoms with E-state index in [0.29, 0.717) is 15.6 Å². The third-order valence-corrected chi connectivity index (χ3v) is 3.15. The van der Waals surface area contributed by atoms with Crippen molar-refractivity contribution in [3.05, 3.63) is 34.0 Å². The summed E-state index contributed by atoms with van der Waals surface area (Å²) in [6.45, 7) is 2.10. The van der Waals surface area contributed by atoms with E-state index in [9.17, 15) is 0 Å². The Labute approximate surface area is 105 Å². The van der Waals surface area contributed by atoms with E-state index in [0.717, 1.165) is 17.6 Å². The fourth-order valence-corrected chi connectivity index (χ4v) is 2.36. The van der Waals surface area contributed by atoms with Crippen LogP contribution in [0.2, 0.25) is 10.0 Å². The van der Waals surface area contributed by atoms with Gasteiger partial charge in [0.05, 0.1) is 11.1 Å². The molecule has 2 nitrogen and oxygen atoms in total. The highest BCUT2D eigenvalue weighted by Gasteiger charge is 2.14. The lowest BCUT2D eigenvalue weighted by Crippen LogP contribution is -2.14. The smallest absolute Gasteiger partial charge is 0.153 e. The van der Waals surface area contributed by atoms with Crippen LogP contribution < -0.4 is 5.32 Å². The Hall–Kier alpha value is -0.700. The van der Waals surface area contributed by atoms with Crippen LogP contribution in [0.25, 0.3) is 11.0 Å². The largest absolute Gasteiger partial charge is 0.458 e. The van der Waals surface area contributed by atoms with Crippen molar-refractivity contribution in [1.29, 1.82) is 0 Å². The Morgan fingerprint density at radius 1 is 1.31 bits per heavy atom. The van der Waals surface area contributed by atoms with Gasteiger partial charge in [0, 0.05) is 10.4 Å². The highest BCUT2D eigenvalue weighted by Crippen LogP contribution is 2.32. The molecule has 0 spiro atoms. The van der Waals surface area contributed by atoms with Crippen molar-refractivity contribution in [1.82, 2.24) is 5.32 Å². The molecule has 0 aliphatic carbocycles. The first kappa shape index (κ1) is 11.8. The summed E-state index contributed by atoms with van der Waals surface area (Å²) in [5, 5.41) is 5.32. The number of hydrogen-bond acceptors (Lipinski definition) is 2. The molecule has 0 amide bonds. The first-order valence-electron chi connectivity index (χ1n) is 5.21. The van der Waals surface area contributed by atoms with Gasteiger partial charge in [-0.05, 0) is 31.7 Å². The fourth-order valence-electron chi connectivity index (χ4n) is 1.82.